The van der Waals surface area contributed by atoms with Crippen molar-refractivity contribution in [1.82, 2.24) is 14.9 Å². The van der Waals surface area contributed by atoms with Crippen LogP contribution in [0.1, 0.15) is 40.7 Å². The van der Waals surface area contributed by atoms with Gasteiger partial charge in [-0.05, 0) is 85.2 Å². The number of halogens is 1. The second-order valence-electron chi connectivity index (χ2n) is 10.6. The molecule has 6 rings (SSSR count). The molecular formula is C32H31ClN6O2. The van der Waals surface area contributed by atoms with Gasteiger partial charge in [0.1, 0.15) is 5.02 Å². The van der Waals surface area contributed by atoms with Crippen LogP contribution in [-0.4, -0.2) is 39.8 Å². The Morgan fingerprint density at radius 2 is 1.73 bits per heavy atom. The average Bonchev–Trinajstić information content (AvgIpc) is 2.99. The number of hydrogen-bond donors (Lipinski definition) is 3. The van der Waals surface area contributed by atoms with Crippen LogP contribution in [0.5, 0.6) is 0 Å². The van der Waals surface area contributed by atoms with Crippen molar-refractivity contribution in [3.8, 4) is 0 Å². The van der Waals surface area contributed by atoms with Crippen molar-refractivity contribution in [2.24, 2.45) is 5.92 Å². The number of hydrogen-bond acceptors (Lipinski definition) is 6. The Kier molecular flexibility index (Phi) is 7.82. The van der Waals surface area contributed by atoms with Gasteiger partial charge in [0, 0.05) is 42.1 Å². The van der Waals surface area contributed by atoms with E-state index in [2.05, 4.69) is 38.1 Å². The second-order valence-corrected chi connectivity index (χ2v) is 11.0. The number of fused-ring (bicyclic) bond motifs is 6. The van der Waals surface area contributed by atoms with E-state index in [4.69, 9.17) is 11.6 Å². The summed E-state index contributed by atoms with van der Waals surface area (Å²) in [6, 6.07) is 23.4. The Hall–Kier alpha value is -4.43. The van der Waals surface area contributed by atoms with Gasteiger partial charge in [0.2, 0.25) is 11.9 Å². The number of aryl methyl sites for hydroxylation is 2. The number of piperidine rings is 1. The number of nitrogens with one attached hydrogen (secondary N) is 3. The quantitative estimate of drug-likeness (QED) is 0.257. The van der Waals surface area contributed by atoms with Crippen LogP contribution in [0.25, 0.3) is 0 Å². The number of amides is 2. The minimum Gasteiger partial charge on any atom is -0.339 e. The van der Waals surface area contributed by atoms with Crippen LogP contribution in [-0.2, 0) is 17.6 Å². The summed E-state index contributed by atoms with van der Waals surface area (Å²) in [6.07, 6.45) is 5.17. The van der Waals surface area contributed by atoms with Gasteiger partial charge in [0.05, 0.1) is 6.20 Å². The molecule has 41 heavy (non-hydrogen) atoms. The fourth-order valence-corrected chi connectivity index (χ4v) is 5.57. The molecule has 2 aliphatic rings. The molecule has 0 unspecified atom stereocenters. The molecule has 0 spiro atoms. The van der Waals surface area contributed by atoms with Gasteiger partial charge in [0.15, 0.2) is 5.82 Å². The zero-order valence-electron chi connectivity index (χ0n) is 22.6. The summed E-state index contributed by atoms with van der Waals surface area (Å²) in [5.41, 5.74) is 5.42. The third-order valence-electron chi connectivity index (χ3n) is 7.65. The Balaban J connectivity index is 1.14. The molecule has 3 heterocycles. The maximum atomic E-state index is 13.2. The Bertz CT molecular complexity index is 1570. The third-order valence-corrected chi connectivity index (χ3v) is 7.93. The van der Waals surface area contributed by atoms with E-state index >= 15 is 0 Å². The van der Waals surface area contributed by atoms with Crippen molar-refractivity contribution >= 4 is 52.2 Å². The van der Waals surface area contributed by atoms with E-state index in [9.17, 15) is 9.59 Å². The van der Waals surface area contributed by atoms with Crippen LogP contribution in [0.2, 0.25) is 5.02 Å². The van der Waals surface area contributed by atoms with Crippen LogP contribution < -0.4 is 16.0 Å². The van der Waals surface area contributed by atoms with Gasteiger partial charge in [-0.15, -0.1) is 0 Å². The predicted octanol–water partition coefficient (Wildman–Crippen LogP) is 6.60. The number of anilines is 5. The highest BCUT2D eigenvalue weighted by molar-refractivity contribution is 6.32. The van der Waals surface area contributed by atoms with Crippen molar-refractivity contribution in [1.29, 1.82) is 0 Å². The van der Waals surface area contributed by atoms with E-state index in [1.54, 1.807) is 6.20 Å². The van der Waals surface area contributed by atoms with Gasteiger partial charge in [-0.25, -0.2) is 4.98 Å². The number of rotatable bonds is 4. The van der Waals surface area contributed by atoms with Crippen molar-refractivity contribution < 1.29 is 9.59 Å². The number of carbonyl (C=O) groups excluding carboxylic acids is 2. The molecule has 0 radical (unpaired) electrons. The molecule has 2 amide bonds. The van der Waals surface area contributed by atoms with Crippen LogP contribution in [0, 0.1) is 5.92 Å². The lowest BCUT2D eigenvalue weighted by atomic mass is 9.92. The lowest BCUT2D eigenvalue weighted by Crippen LogP contribution is -2.39. The molecule has 0 saturated carbocycles. The molecule has 3 N–H and O–H groups in total. The van der Waals surface area contributed by atoms with Crippen molar-refractivity contribution in [3.63, 3.8) is 0 Å². The minimum absolute atomic E-state index is 0.00704. The van der Waals surface area contributed by atoms with Gasteiger partial charge >= 0.3 is 0 Å². The summed E-state index contributed by atoms with van der Waals surface area (Å²) in [6.45, 7) is 1.33. The fourth-order valence-electron chi connectivity index (χ4n) is 5.43. The van der Waals surface area contributed by atoms with E-state index in [-0.39, 0.29) is 17.7 Å². The number of likely N-dealkylation sites (tertiary alicyclic amines) is 1. The fraction of sp³-hybridized carbons (Fsp3) is 0.250. The molecule has 208 valence electrons. The maximum absolute atomic E-state index is 13.2. The van der Waals surface area contributed by atoms with Crippen LogP contribution in [0.3, 0.4) is 0 Å². The predicted molar refractivity (Wildman–Crippen MR) is 162 cm³/mol. The zero-order chi connectivity index (χ0) is 28.2. The summed E-state index contributed by atoms with van der Waals surface area (Å²) >= 11 is 6.39. The maximum Gasteiger partial charge on any atom is 0.253 e. The molecule has 4 aromatic rings. The molecule has 2 aliphatic heterocycles. The van der Waals surface area contributed by atoms with Crippen molar-refractivity contribution in [2.45, 2.75) is 32.1 Å². The molecular weight excluding hydrogens is 536 g/mol. The summed E-state index contributed by atoms with van der Waals surface area (Å²) in [5.74, 6) is 1.24. The highest BCUT2D eigenvalue weighted by Gasteiger charge is 2.25. The molecule has 0 atom stereocenters. The highest BCUT2D eigenvalue weighted by Crippen LogP contribution is 2.30. The van der Waals surface area contributed by atoms with Gasteiger partial charge in [-0.2, -0.15) is 4.98 Å². The SMILES string of the molecule is O=C(CC1CCN(C(=O)c2ccccc2)CC1)Nc1ccc2cc1CCc1cccc(c1)Nc1ncc(Cl)c(n1)N2. The van der Waals surface area contributed by atoms with E-state index in [0.29, 0.717) is 41.9 Å². The first kappa shape index (κ1) is 26.8. The first-order valence-electron chi connectivity index (χ1n) is 13.9. The number of carbonyl (C=O) groups is 2. The largest absolute Gasteiger partial charge is 0.339 e. The standard InChI is InChI=1S/C32H31ClN6O2/c33-27-20-34-32-36-25-8-4-5-21(17-25)9-10-24-19-26(35-30(27)38-32)11-12-28(24)37-29(40)18-22-13-15-39(16-14-22)31(41)23-6-2-1-3-7-23/h1-8,11-12,17,19-20,22H,9-10,13-16,18H2,(H,37,40)(H2,34,35,36,38). The summed E-state index contributed by atoms with van der Waals surface area (Å²) in [5, 5.41) is 10.1. The third kappa shape index (κ3) is 6.49. The van der Waals surface area contributed by atoms with Gasteiger partial charge in [0.25, 0.3) is 5.91 Å². The smallest absolute Gasteiger partial charge is 0.253 e. The van der Waals surface area contributed by atoms with Gasteiger partial charge in [-0.3, -0.25) is 9.59 Å². The first-order valence-corrected chi connectivity index (χ1v) is 14.3. The van der Waals surface area contributed by atoms with Gasteiger partial charge in [-0.1, -0.05) is 41.9 Å². The highest BCUT2D eigenvalue weighted by atomic mass is 35.5. The molecule has 1 aromatic heterocycles. The van der Waals surface area contributed by atoms with Crippen LogP contribution in [0.15, 0.2) is 79.0 Å². The first-order chi connectivity index (χ1) is 20.0. The van der Waals surface area contributed by atoms with Crippen LogP contribution in [0.4, 0.5) is 28.8 Å². The molecule has 3 aromatic carbocycles. The molecule has 1 fully saturated rings. The summed E-state index contributed by atoms with van der Waals surface area (Å²) in [4.78, 5) is 36.7. The van der Waals surface area contributed by atoms with Crippen molar-refractivity contribution in [3.05, 3.63) is 101 Å². The Morgan fingerprint density at radius 3 is 2.56 bits per heavy atom. The number of benzene rings is 3. The van der Waals surface area contributed by atoms with E-state index in [1.807, 2.05) is 65.6 Å². The Morgan fingerprint density at radius 1 is 0.927 bits per heavy atom. The average molecular weight is 567 g/mol. The van der Waals surface area contributed by atoms with Crippen molar-refractivity contribution in [2.75, 3.05) is 29.0 Å². The number of nitrogens with zero attached hydrogens (tertiary/aromatic N) is 3. The molecule has 6 bridgehead atoms. The van der Waals surface area contributed by atoms with E-state index < -0.39 is 0 Å². The molecule has 8 nitrogen and oxygen atoms in total. The zero-order valence-corrected chi connectivity index (χ0v) is 23.3. The second kappa shape index (κ2) is 12.0. The topological polar surface area (TPSA) is 99.3 Å². The normalized spacial score (nSPS) is 14.9. The lowest BCUT2D eigenvalue weighted by molar-refractivity contribution is -0.117. The van der Waals surface area contributed by atoms with E-state index in [1.165, 1.54) is 0 Å². The molecule has 0 aliphatic carbocycles. The van der Waals surface area contributed by atoms with Gasteiger partial charge < -0.3 is 20.9 Å². The Labute approximate surface area is 244 Å². The molecule has 9 heteroatoms. The summed E-state index contributed by atoms with van der Waals surface area (Å²) in [7, 11) is 0. The molecule has 1 saturated heterocycles. The summed E-state index contributed by atoms with van der Waals surface area (Å²) < 4.78 is 0. The minimum atomic E-state index is -0.00704. The lowest BCUT2D eigenvalue weighted by Gasteiger charge is -2.32. The van der Waals surface area contributed by atoms with Crippen LogP contribution >= 0.6 is 11.6 Å². The monoisotopic (exact) mass is 566 g/mol. The van der Waals surface area contributed by atoms with E-state index in [0.717, 1.165) is 53.9 Å². The number of aromatic nitrogens is 2.